The average Bonchev–Trinajstić information content (AvgIpc) is 2.59. The van der Waals surface area contributed by atoms with Gasteiger partial charge in [0.2, 0.25) is 11.7 Å². The van der Waals surface area contributed by atoms with Crippen molar-refractivity contribution < 1.29 is 23.8 Å². The predicted molar refractivity (Wildman–Crippen MR) is 54.1 cm³/mol. The Kier molecular flexibility index (Phi) is 4.45. The van der Waals surface area contributed by atoms with E-state index >= 15 is 0 Å². The highest BCUT2D eigenvalue weighted by Gasteiger charge is 2.19. The third-order valence-corrected chi connectivity index (χ3v) is 1.76. The standard InChI is InChI=1S/C10H15NO5/c1-6(2)15-5-8-11-7(4-14-3)9(16-8)10(12)13/h6H,4-5H2,1-3H3,(H,12,13). The maximum absolute atomic E-state index is 10.8. The van der Waals surface area contributed by atoms with Gasteiger partial charge in [0.05, 0.1) is 12.7 Å². The quantitative estimate of drug-likeness (QED) is 0.794. The maximum atomic E-state index is 10.8. The van der Waals surface area contributed by atoms with E-state index in [0.717, 1.165) is 0 Å². The van der Waals surface area contributed by atoms with Gasteiger partial charge in [-0.3, -0.25) is 0 Å². The number of carbonyl (C=O) groups is 1. The SMILES string of the molecule is COCc1nc(COC(C)C)oc1C(=O)O. The lowest BCUT2D eigenvalue weighted by molar-refractivity contribution is 0.0489. The number of rotatable bonds is 6. The molecule has 1 rings (SSSR count). The fourth-order valence-corrected chi connectivity index (χ4v) is 1.10. The van der Waals surface area contributed by atoms with Crippen molar-refractivity contribution in [1.29, 1.82) is 0 Å². The van der Waals surface area contributed by atoms with Crippen LogP contribution in [0.3, 0.4) is 0 Å². The Morgan fingerprint density at radius 3 is 2.69 bits per heavy atom. The Bertz CT molecular complexity index is 358. The Hall–Kier alpha value is -1.40. The zero-order valence-corrected chi connectivity index (χ0v) is 9.52. The van der Waals surface area contributed by atoms with Crippen LogP contribution in [0.15, 0.2) is 4.42 Å². The van der Waals surface area contributed by atoms with E-state index in [2.05, 4.69) is 4.98 Å². The number of methoxy groups -OCH3 is 1. The van der Waals surface area contributed by atoms with E-state index in [1.165, 1.54) is 7.11 Å². The molecule has 1 N–H and O–H groups in total. The molecule has 1 heterocycles. The van der Waals surface area contributed by atoms with Crippen LogP contribution in [-0.2, 0) is 22.7 Å². The summed E-state index contributed by atoms with van der Waals surface area (Å²) in [6.45, 7) is 4.00. The van der Waals surface area contributed by atoms with E-state index in [-0.39, 0.29) is 36.7 Å². The van der Waals surface area contributed by atoms with Crippen LogP contribution in [0.25, 0.3) is 0 Å². The van der Waals surface area contributed by atoms with Crippen molar-refractivity contribution in [2.24, 2.45) is 0 Å². The highest BCUT2D eigenvalue weighted by Crippen LogP contribution is 2.13. The Balaban J connectivity index is 2.79. The molecule has 1 aromatic rings. The van der Waals surface area contributed by atoms with Crippen molar-refractivity contribution >= 4 is 5.97 Å². The van der Waals surface area contributed by atoms with Gasteiger partial charge in [-0.2, -0.15) is 0 Å². The van der Waals surface area contributed by atoms with E-state index in [4.69, 9.17) is 19.0 Å². The van der Waals surface area contributed by atoms with Crippen LogP contribution in [0.4, 0.5) is 0 Å². The molecule has 0 amide bonds. The van der Waals surface area contributed by atoms with Crippen LogP contribution in [0.1, 0.15) is 36.0 Å². The van der Waals surface area contributed by atoms with Crippen molar-refractivity contribution in [3.8, 4) is 0 Å². The molecule has 0 fully saturated rings. The molecule has 1 aromatic heterocycles. The molecule has 0 spiro atoms. The Labute approximate surface area is 93.2 Å². The van der Waals surface area contributed by atoms with Gasteiger partial charge in [-0.25, -0.2) is 9.78 Å². The molecule has 0 saturated carbocycles. The summed E-state index contributed by atoms with van der Waals surface area (Å²) in [6.07, 6.45) is 0.0334. The molecule has 0 aromatic carbocycles. The van der Waals surface area contributed by atoms with Crippen LogP contribution >= 0.6 is 0 Å². The van der Waals surface area contributed by atoms with Crippen LogP contribution in [0.5, 0.6) is 0 Å². The zero-order chi connectivity index (χ0) is 12.1. The van der Waals surface area contributed by atoms with Crippen molar-refractivity contribution in [1.82, 2.24) is 4.98 Å². The van der Waals surface area contributed by atoms with Crippen molar-refractivity contribution in [3.05, 3.63) is 17.3 Å². The van der Waals surface area contributed by atoms with E-state index < -0.39 is 5.97 Å². The van der Waals surface area contributed by atoms with E-state index in [0.29, 0.717) is 0 Å². The van der Waals surface area contributed by atoms with Crippen LogP contribution in [-0.4, -0.2) is 29.3 Å². The molecule has 0 aliphatic rings. The minimum Gasteiger partial charge on any atom is -0.475 e. The highest BCUT2D eigenvalue weighted by molar-refractivity contribution is 5.85. The number of carboxylic acid groups (broad SMARTS) is 1. The van der Waals surface area contributed by atoms with E-state index in [1.807, 2.05) is 13.8 Å². The molecule has 90 valence electrons. The average molecular weight is 229 g/mol. The van der Waals surface area contributed by atoms with Gasteiger partial charge in [-0.1, -0.05) is 0 Å². The normalized spacial score (nSPS) is 11.0. The van der Waals surface area contributed by atoms with Gasteiger partial charge in [0.15, 0.2) is 0 Å². The Morgan fingerprint density at radius 1 is 1.50 bits per heavy atom. The number of hydrogen-bond donors (Lipinski definition) is 1. The summed E-state index contributed by atoms with van der Waals surface area (Å²) < 4.78 is 15.2. The fourth-order valence-electron chi connectivity index (χ4n) is 1.10. The fraction of sp³-hybridized carbons (Fsp3) is 0.600. The van der Waals surface area contributed by atoms with Gasteiger partial charge in [-0.05, 0) is 13.8 Å². The molecular weight excluding hydrogens is 214 g/mol. The van der Waals surface area contributed by atoms with E-state index in [9.17, 15) is 4.79 Å². The van der Waals surface area contributed by atoms with Gasteiger partial charge >= 0.3 is 5.97 Å². The van der Waals surface area contributed by atoms with Crippen molar-refractivity contribution in [2.75, 3.05) is 7.11 Å². The first-order valence-electron chi connectivity index (χ1n) is 4.87. The minimum absolute atomic E-state index is 0.0334. The maximum Gasteiger partial charge on any atom is 0.373 e. The largest absolute Gasteiger partial charge is 0.475 e. The lowest BCUT2D eigenvalue weighted by atomic mass is 10.3. The first kappa shape index (κ1) is 12.7. The summed E-state index contributed by atoms with van der Waals surface area (Å²) in [7, 11) is 1.46. The molecule has 6 heteroatoms. The summed E-state index contributed by atoms with van der Waals surface area (Å²) in [5.41, 5.74) is 0.275. The molecule has 0 aliphatic heterocycles. The van der Waals surface area contributed by atoms with Gasteiger partial charge in [0, 0.05) is 7.11 Å². The number of aromatic nitrogens is 1. The molecule has 0 atom stereocenters. The molecular formula is C10H15NO5. The third kappa shape index (κ3) is 3.32. The minimum atomic E-state index is -1.16. The summed E-state index contributed by atoms with van der Waals surface area (Å²) in [5, 5.41) is 8.85. The van der Waals surface area contributed by atoms with Gasteiger partial charge in [0.25, 0.3) is 0 Å². The lowest BCUT2D eigenvalue weighted by Crippen LogP contribution is -2.02. The van der Waals surface area contributed by atoms with Gasteiger partial charge in [-0.15, -0.1) is 0 Å². The number of hydrogen-bond acceptors (Lipinski definition) is 5. The molecule has 16 heavy (non-hydrogen) atoms. The molecule has 0 saturated heterocycles. The summed E-state index contributed by atoms with van der Waals surface area (Å²) in [6, 6.07) is 0. The van der Waals surface area contributed by atoms with Crippen LogP contribution in [0.2, 0.25) is 0 Å². The summed E-state index contributed by atoms with van der Waals surface area (Å²) in [5.74, 6) is -1.10. The second-order valence-corrected chi connectivity index (χ2v) is 3.48. The second-order valence-electron chi connectivity index (χ2n) is 3.48. The third-order valence-electron chi connectivity index (χ3n) is 1.76. The molecule has 6 nitrogen and oxygen atoms in total. The van der Waals surface area contributed by atoms with Gasteiger partial charge < -0.3 is 19.0 Å². The smallest absolute Gasteiger partial charge is 0.373 e. The molecule has 0 bridgehead atoms. The molecule has 0 radical (unpaired) electrons. The topological polar surface area (TPSA) is 81.8 Å². The summed E-state index contributed by atoms with van der Waals surface area (Å²) in [4.78, 5) is 14.8. The monoisotopic (exact) mass is 229 g/mol. The number of aromatic carboxylic acids is 1. The van der Waals surface area contributed by atoms with Crippen LogP contribution in [0, 0.1) is 0 Å². The molecule has 0 aliphatic carbocycles. The number of oxazole rings is 1. The number of nitrogens with zero attached hydrogens (tertiary/aromatic N) is 1. The molecule has 0 unspecified atom stereocenters. The van der Waals surface area contributed by atoms with Gasteiger partial charge in [0.1, 0.15) is 12.3 Å². The number of ether oxygens (including phenoxy) is 2. The number of carboxylic acids is 1. The van der Waals surface area contributed by atoms with Crippen molar-refractivity contribution in [2.45, 2.75) is 33.2 Å². The van der Waals surface area contributed by atoms with Crippen molar-refractivity contribution in [3.63, 3.8) is 0 Å². The predicted octanol–water partition coefficient (Wildman–Crippen LogP) is 1.44. The Morgan fingerprint density at radius 2 is 2.19 bits per heavy atom. The second kappa shape index (κ2) is 5.62. The van der Waals surface area contributed by atoms with E-state index in [1.54, 1.807) is 0 Å². The highest BCUT2D eigenvalue weighted by atomic mass is 16.5. The van der Waals surface area contributed by atoms with Crippen LogP contribution < -0.4 is 0 Å². The lowest BCUT2D eigenvalue weighted by Gasteiger charge is -2.03. The summed E-state index contributed by atoms with van der Waals surface area (Å²) >= 11 is 0. The first-order chi connectivity index (χ1) is 7.54. The first-order valence-corrected chi connectivity index (χ1v) is 4.87. The zero-order valence-electron chi connectivity index (χ0n) is 9.52.